The molecule has 1 fully saturated rings. The molecule has 1 unspecified atom stereocenters. The van der Waals surface area contributed by atoms with Crippen LogP contribution in [0.15, 0.2) is 18.2 Å². The molecule has 0 aliphatic heterocycles. The minimum atomic E-state index is -1.29. The molecule has 0 saturated heterocycles. The fourth-order valence-corrected chi connectivity index (χ4v) is 1.88. The Labute approximate surface area is 109 Å². The number of rotatable bonds is 4. The first-order chi connectivity index (χ1) is 8.97. The maximum Gasteiger partial charge on any atom is 0.337 e. The van der Waals surface area contributed by atoms with Crippen LogP contribution in [-0.4, -0.2) is 23.1 Å². The number of anilines is 1. The third-order valence-corrected chi connectivity index (χ3v) is 3.15. The Balaban J connectivity index is 2.05. The zero-order chi connectivity index (χ0) is 14.0. The van der Waals surface area contributed by atoms with Gasteiger partial charge in [-0.15, -0.1) is 0 Å². The second-order valence-electron chi connectivity index (χ2n) is 4.72. The highest BCUT2D eigenvalue weighted by Gasteiger charge is 2.29. The van der Waals surface area contributed by atoms with E-state index in [0.29, 0.717) is 5.92 Å². The molecule has 1 saturated carbocycles. The van der Waals surface area contributed by atoms with E-state index in [9.17, 15) is 14.0 Å². The van der Waals surface area contributed by atoms with Gasteiger partial charge in [0.05, 0.1) is 11.3 Å². The van der Waals surface area contributed by atoms with Gasteiger partial charge in [-0.3, -0.25) is 0 Å². The van der Waals surface area contributed by atoms with Gasteiger partial charge in [-0.1, -0.05) is 0 Å². The first-order valence-corrected chi connectivity index (χ1v) is 6.07. The highest BCUT2D eigenvalue weighted by molar-refractivity contribution is 6.00. The van der Waals surface area contributed by atoms with Crippen molar-refractivity contribution in [3.05, 3.63) is 29.6 Å². The molecular weight excluding hydrogens is 251 g/mol. The molecule has 1 aromatic rings. The second-order valence-corrected chi connectivity index (χ2v) is 4.72. The molecule has 1 aromatic carbocycles. The topological polar surface area (TPSA) is 78.4 Å². The van der Waals surface area contributed by atoms with Gasteiger partial charge in [0.15, 0.2) is 0 Å². The number of urea groups is 1. The van der Waals surface area contributed by atoms with Crippen molar-refractivity contribution in [1.29, 1.82) is 0 Å². The molecular formula is C13H15FN2O3. The SMILES string of the molecule is CC(NC(=O)Nc1ccc(F)cc1C(=O)O)C1CC1. The van der Waals surface area contributed by atoms with Gasteiger partial charge in [0.25, 0.3) is 0 Å². The summed E-state index contributed by atoms with van der Waals surface area (Å²) >= 11 is 0. The van der Waals surface area contributed by atoms with Gasteiger partial charge in [-0.05, 0) is 43.9 Å². The predicted octanol–water partition coefficient (Wildman–Crippen LogP) is 2.44. The summed E-state index contributed by atoms with van der Waals surface area (Å²) in [5.74, 6) is -1.45. The molecule has 0 bridgehead atoms. The van der Waals surface area contributed by atoms with Crippen LogP contribution in [0.2, 0.25) is 0 Å². The Morgan fingerprint density at radius 1 is 1.42 bits per heavy atom. The molecule has 2 amide bonds. The highest BCUT2D eigenvalue weighted by Crippen LogP contribution is 2.32. The number of nitrogens with one attached hydrogen (secondary N) is 2. The van der Waals surface area contributed by atoms with E-state index in [1.807, 2.05) is 6.92 Å². The van der Waals surface area contributed by atoms with Gasteiger partial charge in [0.2, 0.25) is 0 Å². The molecule has 0 radical (unpaired) electrons. The molecule has 0 heterocycles. The molecule has 2 rings (SSSR count). The average molecular weight is 266 g/mol. The molecule has 0 aromatic heterocycles. The summed E-state index contributed by atoms with van der Waals surface area (Å²) < 4.78 is 13.0. The maximum absolute atomic E-state index is 13.0. The number of carboxylic acid groups (broad SMARTS) is 1. The summed E-state index contributed by atoms with van der Waals surface area (Å²) in [4.78, 5) is 22.7. The molecule has 0 spiro atoms. The van der Waals surface area contributed by atoms with Crippen LogP contribution in [-0.2, 0) is 0 Å². The van der Waals surface area contributed by atoms with Gasteiger partial charge in [-0.25, -0.2) is 14.0 Å². The van der Waals surface area contributed by atoms with Crippen molar-refractivity contribution in [3.8, 4) is 0 Å². The van der Waals surface area contributed by atoms with Crippen LogP contribution in [0, 0.1) is 11.7 Å². The lowest BCUT2D eigenvalue weighted by atomic mass is 10.1. The number of amides is 2. The van der Waals surface area contributed by atoms with Crippen LogP contribution in [0.4, 0.5) is 14.9 Å². The minimum absolute atomic E-state index is 0.0497. The van der Waals surface area contributed by atoms with Crippen LogP contribution in [0.5, 0.6) is 0 Å². The fourth-order valence-electron chi connectivity index (χ4n) is 1.88. The molecule has 19 heavy (non-hydrogen) atoms. The van der Waals surface area contributed by atoms with Crippen LogP contribution < -0.4 is 10.6 Å². The Morgan fingerprint density at radius 2 is 2.11 bits per heavy atom. The van der Waals surface area contributed by atoms with Crippen molar-refractivity contribution in [2.45, 2.75) is 25.8 Å². The number of hydrogen-bond donors (Lipinski definition) is 3. The minimum Gasteiger partial charge on any atom is -0.478 e. The van der Waals surface area contributed by atoms with Crippen LogP contribution in [0.3, 0.4) is 0 Å². The summed E-state index contributed by atoms with van der Waals surface area (Å²) in [6, 6.07) is 2.79. The van der Waals surface area contributed by atoms with Crippen molar-refractivity contribution >= 4 is 17.7 Å². The van der Waals surface area contributed by atoms with Crippen molar-refractivity contribution in [1.82, 2.24) is 5.32 Å². The van der Waals surface area contributed by atoms with Crippen LogP contribution >= 0.6 is 0 Å². The number of carbonyl (C=O) groups is 2. The van der Waals surface area contributed by atoms with E-state index in [0.717, 1.165) is 25.0 Å². The van der Waals surface area contributed by atoms with Crippen LogP contribution in [0.25, 0.3) is 0 Å². The summed E-state index contributed by atoms with van der Waals surface area (Å²) in [7, 11) is 0. The zero-order valence-electron chi connectivity index (χ0n) is 10.4. The first kappa shape index (κ1) is 13.3. The zero-order valence-corrected chi connectivity index (χ0v) is 10.4. The predicted molar refractivity (Wildman–Crippen MR) is 67.7 cm³/mol. The van der Waals surface area contributed by atoms with E-state index in [1.54, 1.807) is 0 Å². The normalized spacial score (nSPS) is 15.7. The van der Waals surface area contributed by atoms with Gasteiger partial charge < -0.3 is 15.7 Å². The van der Waals surface area contributed by atoms with E-state index in [2.05, 4.69) is 10.6 Å². The monoisotopic (exact) mass is 266 g/mol. The van der Waals surface area contributed by atoms with E-state index in [-0.39, 0.29) is 17.3 Å². The van der Waals surface area contributed by atoms with E-state index in [4.69, 9.17) is 5.11 Å². The summed E-state index contributed by atoms with van der Waals surface area (Å²) in [6.07, 6.45) is 2.19. The number of carboxylic acids is 1. The second kappa shape index (κ2) is 5.26. The van der Waals surface area contributed by atoms with E-state index in [1.165, 1.54) is 6.07 Å². The number of benzene rings is 1. The van der Waals surface area contributed by atoms with E-state index >= 15 is 0 Å². The Kier molecular flexibility index (Phi) is 3.69. The molecule has 5 nitrogen and oxygen atoms in total. The molecule has 6 heteroatoms. The number of halogens is 1. The van der Waals surface area contributed by atoms with E-state index < -0.39 is 17.8 Å². The largest absolute Gasteiger partial charge is 0.478 e. The first-order valence-electron chi connectivity index (χ1n) is 6.07. The molecule has 1 atom stereocenters. The molecule has 1 aliphatic rings. The fraction of sp³-hybridized carbons (Fsp3) is 0.385. The number of hydrogen-bond acceptors (Lipinski definition) is 2. The van der Waals surface area contributed by atoms with Crippen molar-refractivity contribution in [3.63, 3.8) is 0 Å². The molecule has 1 aliphatic carbocycles. The average Bonchev–Trinajstić information content (AvgIpc) is 3.15. The Bertz CT molecular complexity index is 515. The lowest BCUT2D eigenvalue weighted by molar-refractivity contribution is 0.0697. The number of carbonyl (C=O) groups excluding carboxylic acids is 1. The quantitative estimate of drug-likeness (QED) is 0.783. The van der Waals surface area contributed by atoms with Gasteiger partial charge in [-0.2, -0.15) is 0 Å². The summed E-state index contributed by atoms with van der Waals surface area (Å²) in [6.45, 7) is 1.90. The van der Waals surface area contributed by atoms with Crippen molar-refractivity contribution < 1.29 is 19.1 Å². The summed E-state index contributed by atoms with van der Waals surface area (Å²) in [5.41, 5.74) is -0.191. The highest BCUT2D eigenvalue weighted by atomic mass is 19.1. The molecule has 3 N–H and O–H groups in total. The van der Waals surface area contributed by atoms with Crippen LogP contribution in [0.1, 0.15) is 30.1 Å². The standard InChI is InChI=1S/C13H15FN2O3/c1-7(8-2-3-8)15-13(19)16-11-5-4-9(14)6-10(11)12(17)18/h4-8H,2-3H2,1H3,(H,17,18)(H2,15,16,19). The van der Waals surface area contributed by atoms with Gasteiger partial charge in [0, 0.05) is 6.04 Å². The van der Waals surface area contributed by atoms with Gasteiger partial charge >= 0.3 is 12.0 Å². The third kappa shape index (κ3) is 3.43. The lowest BCUT2D eigenvalue weighted by Crippen LogP contribution is -2.37. The lowest BCUT2D eigenvalue weighted by Gasteiger charge is -2.14. The Morgan fingerprint density at radius 3 is 2.68 bits per heavy atom. The number of aromatic carboxylic acids is 1. The molecule has 102 valence electrons. The Hall–Kier alpha value is -2.11. The van der Waals surface area contributed by atoms with Crippen molar-refractivity contribution in [2.75, 3.05) is 5.32 Å². The smallest absolute Gasteiger partial charge is 0.337 e. The third-order valence-electron chi connectivity index (χ3n) is 3.15. The maximum atomic E-state index is 13.0. The van der Waals surface area contributed by atoms with Crippen molar-refractivity contribution in [2.24, 2.45) is 5.92 Å². The van der Waals surface area contributed by atoms with Gasteiger partial charge in [0.1, 0.15) is 5.82 Å². The summed E-state index contributed by atoms with van der Waals surface area (Å²) in [5, 5.41) is 14.1.